The van der Waals surface area contributed by atoms with Crippen LogP contribution in [0, 0.1) is 0 Å². The SMILES string of the molecule is CCCCCCCCCC/C=C\CCCCCCCCCCCCCCCCCCCC(=O)NC(COC1OC(CO)C(OC2OC(CO)C(O)C(O)C2O)C(O)C1O)C(O)/C=C/CC/C=C/CCCCCCCCCCCCCCCCCC. The van der Waals surface area contributed by atoms with Gasteiger partial charge in [-0.25, -0.2) is 0 Å². The van der Waals surface area contributed by atoms with Crippen LogP contribution in [-0.2, 0) is 23.7 Å². The Morgan fingerprint density at radius 1 is 0.412 bits per heavy atom. The van der Waals surface area contributed by atoms with Crippen molar-refractivity contribution in [2.75, 3.05) is 19.8 Å². The minimum atomic E-state index is -1.79. The van der Waals surface area contributed by atoms with Crippen LogP contribution in [-0.4, -0.2) is 140 Å². The smallest absolute Gasteiger partial charge is 0.220 e. The predicted octanol–water partition coefficient (Wildman–Crippen LogP) is 14.5. The summed E-state index contributed by atoms with van der Waals surface area (Å²) in [6.45, 7) is 2.83. The van der Waals surface area contributed by atoms with Gasteiger partial charge in [0.05, 0.1) is 32.0 Å². The summed E-state index contributed by atoms with van der Waals surface area (Å²) in [6.07, 6.45) is 54.9. The number of rotatable bonds is 59. The molecular weight excluding hydrogens is 1070 g/mol. The molecule has 0 radical (unpaired) electrons. The molecule has 14 heteroatoms. The molecule has 2 aliphatic heterocycles. The normalized spacial score (nSPS) is 23.7. The first-order chi connectivity index (χ1) is 41.6. The zero-order valence-electron chi connectivity index (χ0n) is 54.4. The highest BCUT2D eigenvalue weighted by Crippen LogP contribution is 2.30. The van der Waals surface area contributed by atoms with Gasteiger partial charge in [0.25, 0.3) is 0 Å². The van der Waals surface area contributed by atoms with Crippen molar-refractivity contribution in [3.8, 4) is 0 Å². The van der Waals surface area contributed by atoms with E-state index >= 15 is 0 Å². The van der Waals surface area contributed by atoms with Gasteiger partial charge >= 0.3 is 0 Å². The van der Waals surface area contributed by atoms with Crippen LogP contribution >= 0.6 is 0 Å². The monoisotopic (exact) mass is 1210 g/mol. The molecule has 12 unspecified atom stereocenters. The Balaban J connectivity index is 1.68. The molecule has 2 aliphatic rings. The Morgan fingerprint density at radius 2 is 0.753 bits per heavy atom. The fourth-order valence-electron chi connectivity index (χ4n) is 11.8. The second kappa shape index (κ2) is 56.2. The Hall–Kier alpha value is -1.79. The molecule has 85 heavy (non-hydrogen) atoms. The van der Waals surface area contributed by atoms with Gasteiger partial charge in [0.15, 0.2) is 12.6 Å². The van der Waals surface area contributed by atoms with Gasteiger partial charge in [-0.1, -0.05) is 288 Å². The number of nitrogens with one attached hydrogen (secondary N) is 1. The summed E-state index contributed by atoms with van der Waals surface area (Å²) in [7, 11) is 0. The van der Waals surface area contributed by atoms with E-state index in [0.29, 0.717) is 12.8 Å². The van der Waals surface area contributed by atoms with Crippen molar-refractivity contribution in [3.05, 3.63) is 36.5 Å². The molecule has 0 aromatic heterocycles. The van der Waals surface area contributed by atoms with Gasteiger partial charge in [0.1, 0.15) is 48.8 Å². The van der Waals surface area contributed by atoms with E-state index in [0.717, 1.165) is 32.1 Å². The number of allylic oxidation sites excluding steroid dienone is 5. The molecule has 0 saturated carbocycles. The summed E-state index contributed by atoms with van der Waals surface area (Å²) in [5.41, 5.74) is 0. The molecule has 2 fully saturated rings. The lowest BCUT2D eigenvalue weighted by Crippen LogP contribution is -2.65. The quantitative estimate of drug-likeness (QED) is 0.0204. The van der Waals surface area contributed by atoms with Crippen LogP contribution in [0.25, 0.3) is 0 Å². The molecule has 12 atom stereocenters. The second-order valence-corrected chi connectivity index (χ2v) is 25.4. The number of hydrogen-bond donors (Lipinski definition) is 9. The highest BCUT2D eigenvalue weighted by atomic mass is 16.7. The van der Waals surface area contributed by atoms with Crippen molar-refractivity contribution < 1.29 is 64.6 Å². The average molecular weight is 1210 g/mol. The van der Waals surface area contributed by atoms with Crippen molar-refractivity contribution in [1.29, 1.82) is 0 Å². The van der Waals surface area contributed by atoms with E-state index in [-0.39, 0.29) is 18.9 Å². The summed E-state index contributed by atoms with van der Waals surface area (Å²) >= 11 is 0. The summed E-state index contributed by atoms with van der Waals surface area (Å²) in [6, 6.07) is -0.931. The first kappa shape index (κ1) is 79.3. The number of aliphatic hydroxyl groups excluding tert-OH is 8. The number of hydrogen-bond acceptors (Lipinski definition) is 13. The number of aliphatic hydroxyl groups is 8. The van der Waals surface area contributed by atoms with Crippen molar-refractivity contribution in [1.82, 2.24) is 5.32 Å². The Labute approximate surface area is 519 Å². The fraction of sp³-hybridized carbons (Fsp3) is 0.901. The van der Waals surface area contributed by atoms with Crippen molar-refractivity contribution in [2.45, 2.75) is 389 Å². The minimum Gasteiger partial charge on any atom is -0.394 e. The van der Waals surface area contributed by atoms with Gasteiger partial charge in [-0.05, 0) is 57.8 Å². The van der Waals surface area contributed by atoms with Crippen molar-refractivity contribution in [3.63, 3.8) is 0 Å². The third-order valence-corrected chi connectivity index (χ3v) is 17.5. The molecule has 1 amide bonds. The molecule has 2 rings (SSSR count). The number of unbranched alkanes of at least 4 members (excludes halogenated alkanes) is 42. The molecule has 0 spiro atoms. The first-order valence-electron chi connectivity index (χ1n) is 35.7. The zero-order chi connectivity index (χ0) is 61.6. The summed E-state index contributed by atoms with van der Waals surface area (Å²) in [5.74, 6) is -0.243. The molecule has 500 valence electrons. The molecule has 14 nitrogen and oxygen atoms in total. The maximum absolute atomic E-state index is 13.3. The number of ether oxygens (including phenoxy) is 4. The van der Waals surface area contributed by atoms with E-state index in [4.69, 9.17) is 18.9 Å². The van der Waals surface area contributed by atoms with Gasteiger partial charge < -0.3 is 65.1 Å². The number of amides is 1. The van der Waals surface area contributed by atoms with Gasteiger partial charge in [-0.2, -0.15) is 0 Å². The van der Waals surface area contributed by atoms with Gasteiger partial charge in [0.2, 0.25) is 5.91 Å². The fourth-order valence-corrected chi connectivity index (χ4v) is 11.8. The largest absolute Gasteiger partial charge is 0.394 e. The summed E-state index contributed by atoms with van der Waals surface area (Å²) in [4.78, 5) is 13.3. The Morgan fingerprint density at radius 3 is 1.15 bits per heavy atom. The van der Waals surface area contributed by atoms with Crippen LogP contribution in [0.15, 0.2) is 36.5 Å². The molecule has 9 N–H and O–H groups in total. The van der Waals surface area contributed by atoms with Crippen LogP contribution in [0.1, 0.15) is 316 Å². The predicted molar refractivity (Wildman–Crippen MR) is 346 cm³/mol. The average Bonchev–Trinajstić information content (AvgIpc) is 3.69. The Kier molecular flexibility index (Phi) is 52.4. The van der Waals surface area contributed by atoms with Crippen LogP contribution in [0.2, 0.25) is 0 Å². The lowest BCUT2D eigenvalue weighted by Gasteiger charge is -2.46. The molecule has 0 bridgehead atoms. The number of carbonyl (C=O) groups is 1. The van der Waals surface area contributed by atoms with Crippen molar-refractivity contribution in [2.24, 2.45) is 0 Å². The van der Waals surface area contributed by atoms with E-state index in [2.05, 4.69) is 43.5 Å². The maximum atomic E-state index is 13.3. The lowest BCUT2D eigenvalue weighted by atomic mass is 9.97. The highest BCUT2D eigenvalue weighted by molar-refractivity contribution is 5.76. The minimum absolute atomic E-state index is 0.243. The third-order valence-electron chi connectivity index (χ3n) is 17.5. The first-order valence-corrected chi connectivity index (χ1v) is 35.7. The zero-order valence-corrected chi connectivity index (χ0v) is 54.4. The van der Waals surface area contributed by atoms with E-state index in [1.54, 1.807) is 6.08 Å². The van der Waals surface area contributed by atoms with Gasteiger partial charge in [0, 0.05) is 6.42 Å². The van der Waals surface area contributed by atoms with E-state index < -0.39 is 86.8 Å². The lowest BCUT2D eigenvalue weighted by molar-refractivity contribution is -0.359. The van der Waals surface area contributed by atoms with E-state index in [1.807, 2.05) is 6.08 Å². The molecular formula is C71H133NO13. The summed E-state index contributed by atoms with van der Waals surface area (Å²) < 4.78 is 22.8. The van der Waals surface area contributed by atoms with Gasteiger partial charge in [-0.15, -0.1) is 0 Å². The summed E-state index contributed by atoms with van der Waals surface area (Å²) in [5, 5.41) is 87.4. The Bertz CT molecular complexity index is 1560. The van der Waals surface area contributed by atoms with Gasteiger partial charge in [-0.3, -0.25) is 4.79 Å². The third kappa shape index (κ3) is 40.5. The number of carbonyl (C=O) groups excluding carboxylic acids is 1. The van der Waals surface area contributed by atoms with E-state index in [9.17, 15) is 45.6 Å². The van der Waals surface area contributed by atoms with Crippen LogP contribution in [0.3, 0.4) is 0 Å². The standard InChI is InChI=1S/C71H133NO13/c1-3-5-7-9-11-13-15-17-19-21-23-25-27-28-29-30-31-32-33-35-37-39-41-43-45-47-49-51-53-55-63(76)72-59(58-82-70-68(81)66(79)69(62(57-74)84-70)85-71-67(80)65(78)64(77)61(56-73)83-71)60(75)54-52-50-48-46-44-42-40-38-36-34-26-24-22-20-18-16-14-12-10-8-6-4-2/h21,23,44,46,52,54,59-62,64-71,73-75,77-81H,3-20,22,24-43,45,47-51,53,55-58H2,1-2H3,(H,72,76)/b23-21-,46-44+,54-52+. The highest BCUT2D eigenvalue weighted by Gasteiger charge is 2.51. The van der Waals surface area contributed by atoms with Crippen molar-refractivity contribution >= 4 is 5.91 Å². The van der Waals surface area contributed by atoms with Crippen LogP contribution in [0.5, 0.6) is 0 Å². The van der Waals surface area contributed by atoms with E-state index in [1.165, 1.54) is 250 Å². The molecule has 0 aromatic rings. The van der Waals surface area contributed by atoms with Crippen LogP contribution < -0.4 is 5.32 Å². The topological polar surface area (TPSA) is 228 Å². The maximum Gasteiger partial charge on any atom is 0.220 e. The molecule has 0 aromatic carbocycles. The molecule has 0 aliphatic carbocycles. The second-order valence-electron chi connectivity index (χ2n) is 25.4. The molecule has 2 saturated heterocycles. The van der Waals surface area contributed by atoms with Crippen LogP contribution in [0.4, 0.5) is 0 Å². The molecule has 2 heterocycles.